The van der Waals surface area contributed by atoms with E-state index < -0.39 is 14.4 Å². The molecule has 13 nitrogen and oxygen atoms in total. The van der Waals surface area contributed by atoms with Crippen LogP contribution < -0.4 is 25.7 Å². The quantitative estimate of drug-likeness (QED) is 0.103. The van der Waals surface area contributed by atoms with Crippen LogP contribution in [0.25, 0.3) is 0 Å². The minimum atomic E-state index is -2.09. The molecule has 0 unspecified atom stereocenters. The summed E-state index contributed by atoms with van der Waals surface area (Å²) < 4.78 is 29.5. The molecule has 14 heteroatoms. The molecule has 2 heterocycles. The van der Waals surface area contributed by atoms with Gasteiger partial charge in [0.2, 0.25) is 0 Å². The first-order chi connectivity index (χ1) is 24.4. The Kier molecular flexibility index (Phi) is 13.1. The van der Waals surface area contributed by atoms with Gasteiger partial charge in [-0.15, -0.1) is 0 Å². The van der Waals surface area contributed by atoms with Crippen LogP contribution in [0.15, 0.2) is 24.3 Å². The number of esters is 1. The number of aliphatic hydroxyl groups is 1. The van der Waals surface area contributed by atoms with Crippen LogP contribution >= 0.6 is 0 Å². The van der Waals surface area contributed by atoms with Gasteiger partial charge in [-0.2, -0.15) is 0 Å². The van der Waals surface area contributed by atoms with Gasteiger partial charge in [-0.25, -0.2) is 0 Å². The van der Waals surface area contributed by atoms with E-state index in [9.17, 15) is 19.5 Å². The van der Waals surface area contributed by atoms with Crippen molar-refractivity contribution in [3.05, 3.63) is 41.0 Å². The number of anilines is 2. The van der Waals surface area contributed by atoms with Gasteiger partial charge in [-0.3, -0.25) is 14.4 Å². The van der Waals surface area contributed by atoms with Crippen molar-refractivity contribution in [2.75, 3.05) is 58.1 Å². The van der Waals surface area contributed by atoms with E-state index in [-0.39, 0.29) is 66.0 Å². The second-order valence-corrected chi connectivity index (χ2v) is 20.4. The highest BCUT2D eigenvalue weighted by molar-refractivity contribution is 6.74. The SMILES string of the molecule is COc1cc(C(=O)N2C[C@H](C)C[C@H]2CO)c(N)cc1OCCCOc1cc(N)c(C(=O)N2C[C@H](OC(C)=O)C[C@H]2CO[Si](C)(C)C(C)(C)C)cc1C. The number of nitrogen functional groups attached to an aromatic ring is 2. The first-order valence-corrected chi connectivity index (χ1v) is 20.9. The van der Waals surface area contributed by atoms with Crippen LogP contribution in [0.2, 0.25) is 18.1 Å². The van der Waals surface area contributed by atoms with Gasteiger partial charge in [0.15, 0.2) is 19.8 Å². The van der Waals surface area contributed by atoms with Gasteiger partial charge in [-0.1, -0.05) is 27.7 Å². The number of rotatable bonds is 14. The maximum absolute atomic E-state index is 13.9. The summed E-state index contributed by atoms with van der Waals surface area (Å²) in [6.07, 6.45) is 1.32. The molecule has 2 aromatic rings. The molecule has 2 aromatic carbocycles. The molecule has 0 aromatic heterocycles. The fourth-order valence-corrected chi connectivity index (χ4v) is 7.55. The van der Waals surface area contributed by atoms with Crippen LogP contribution in [0.1, 0.15) is 80.2 Å². The third kappa shape index (κ3) is 9.50. The molecule has 2 saturated heterocycles. The molecule has 52 heavy (non-hydrogen) atoms. The van der Waals surface area contributed by atoms with E-state index >= 15 is 0 Å². The lowest BCUT2D eigenvalue weighted by Crippen LogP contribution is -2.46. The molecule has 2 aliphatic heterocycles. The number of ether oxygens (including phenoxy) is 4. The molecule has 0 aliphatic carbocycles. The van der Waals surface area contributed by atoms with Crippen LogP contribution in [0, 0.1) is 12.8 Å². The number of aryl methyl sites for hydroxylation is 1. The van der Waals surface area contributed by atoms with Gasteiger partial charge in [0.05, 0.1) is 63.3 Å². The molecule has 0 radical (unpaired) electrons. The Bertz CT molecular complexity index is 1610. The molecule has 4 rings (SSSR count). The summed E-state index contributed by atoms with van der Waals surface area (Å²) in [4.78, 5) is 42.4. The summed E-state index contributed by atoms with van der Waals surface area (Å²) >= 11 is 0. The monoisotopic (exact) mass is 742 g/mol. The first kappa shape index (κ1) is 40.8. The zero-order chi connectivity index (χ0) is 38.5. The molecule has 5 N–H and O–H groups in total. The molecule has 2 fully saturated rings. The summed E-state index contributed by atoms with van der Waals surface area (Å²) in [5, 5.41) is 9.76. The van der Waals surface area contributed by atoms with Gasteiger partial charge < -0.3 is 49.7 Å². The Morgan fingerprint density at radius 1 is 0.885 bits per heavy atom. The number of carbonyl (C=O) groups is 3. The number of methoxy groups -OCH3 is 1. The van der Waals surface area contributed by atoms with E-state index in [4.69, 9.17) is 34.8 Å². The molecule has 4 atom stereocenters. The molecule has 288 valence electrons. The van der Waals surface area contributed by atoms with E-state index in [1.807, 2.05) is 13.8 Å². The van der Waals surface area contributed by atoms with Gasteiger partial charge >= 0.3 is 5.97 Å². The van der Waals surface area contributed by atoms with Gasteiger partial charge in [0, 0.05) is 49.8 Å². The van der Waals surface area contributed by atoms with Crippen molar-refractivity contribution >= 4 is 37.5 Å². The third-order valence-corrected chi connectivity index (χ3v) is 15.0. The minimum Gasteiger partial charge on any atom is -0.493 e. The van der Waals surface area contributed by atoms with Crippen LogP contribution in [0.5, 0.6) is 17.2 Å². The maximum atomic E-state index is 13.9. The van der Waals surface area contributed by atoms with Crippen molar-refractivity contribution in [3.8, 4) is 17.2 Å². The van der Waals surface area contributed by atoms with Crippen molar-refractivity contribution in [3.63, 3.8) is 0 Å². The molecular formula is C38H58N4O9Si. The zero-order valence-electron chi connectivity index (χ0n) is 32.2. The topological polar surface area (TPSA) is 176 Å². The lowest BCUT2D eigenvalue weighted by molar-refractivity contribution is -0.145. The number of carbonyl (C=O) groups excluding carboxylic acids is 3. The number of likely N-dealkylation sites (tertiary alicyclic amines) is 2. The van der Waals surface area contributed by atoms with Crippen LogP contribution in [0.4, 0.5) is 11.4 Å². The standard InChI is InChI=1S/C38H58N4O9Si/c1-23-13-26(21-43)41(19-23)37(46)30-16-34(47-7)35(18-32(30)40)49-12-10-11-48-33-17-31(39)29(14-24(33)2)36(45)42-20-28(51-25(3)44)15-27(42)22-50-52(8,9)38(4,5)6/h14,16-18,23,26-28,43H,10-13,15,19-22,39-40H2,1-9H3/t23-,26+,27+,28-/m1/s1. The van der Waals surface area contributed by atoms with Gasteiger partial charge in [-0.05, 0) is 55.1 Å². The summed E-state index contributed by atoms with van der Waals surface area (Å²) in [6.45, 7) is 17.8. The summed E-state index contributed by atoms with van der Waals surface area (Å²) in [6, 6.07) is 6.05. The van der Waals surface area contributed by atoms with Crippen LogP contribution in [-0.4, -0.2) is 106 Å². The Hall–Kier alpha value is -4.01. The Balaban J connectivity index is 1.37. The van der Waals surface area contributed by atoms with E-state index in [0.717, 1.165) is 12.0 Å². The molecule has 0 bridgehead atoms. The maximum Gasteiger partial charge on any atom is 0.302 e. The number of aliphatic hydroxyl groups excluding tert-OH is 1. The Morgan fingerprint density at radius 3 is 2.04 bits per heavy atom. The van der Waals surface area contributed by atoms with Gasteiger partial charge in [0.1, 0.15) is 11.9 Å². The zero-order valence-corrected chi connectivity index (χ0v) is 33.2. The number of hydrogen-bond acceptors (Lipinski definition) is 11. The van der Waals surface area contributed by atoms with Crippen molar-refractivity contribution in [2.45, 2.75) is 97.1 Å². The second-order valence-electron chi connectivity index (χ2n) is 15.6. The predicted molar refractivity (Wildman–Crippen MR) is 202 cm³/mol. The smallest absolute Gasteiger partial charge is 0.302 e. The average molecular weight is 743 g/mol. The Morgan fingerprint density at radius 2 is 1.46 bits per heavy atom. The van der Waals surface area contributed by atoms with E-state index in [0.29, 0.717) is 66.9 Å². The van der Waals surface area contributed by atoms with Crippen molar-refractivity contribution < 1.29 is 42.9 Å². The van der Waals surface area contributed by atoms with Crippen molar-refractivity contribution in [2.24, 2.45) is 5.92 Å². The van der Waals surface area contributed by atoms with E-state index in [2.05, 4.69) is 33.9 Å². The van der Waals surface area contributed by atoms with Crippen molar-refractivity contribution in [1.82, 2.24) is 9.80 Å². The molecule has 2 amide bonds. The lowest BCUT2D eigenvalue weighted by Gasteiger charge is -2.38. The molecular weight excluding hydrogens is 685 g/mol. The second kappa shape index (κ2) is 16.8. The highest BCUT2D eigenvalue weighted by Gasteiger charge is 2.42. The number of nitrogens with two attached hydrogens (primary N) is 2. The summed E-state index contributed by atoms with van der Waals surface area (Å²) in [5.74, 6) is 0.738. The minimum absolute atomic E-state index is 0.00542. The number of hydrogen-bond donors (Lipinski definition) is 3. The van der Waals surface area contributed by atoms with Crippen LogP contribution in [0.3, 0.4) is 0 Å². The largest absolute Gasteiger partial charge is 0.493 e. The summed E-state index contributed by atoms with van der Waals surface area (Å²) in [5.41, 5.74) is 14.7. The lowest BCUT2D eigenvalue weighted by atomic mass is 10.1. The molecule has 2 aliphatic rings. The average Bonchev–Trinajstić information content (AvgIpc) is 3.65. The van der Waals surface area contributed by atoms with E-state index in [1.54, 1.807) is 34.1 Å². The van der Waals surface area contributed by atoms with Gasteiger partial charge in [0.25, 0.3) is 11.8 Å². The molecule has 0 saturated carbocycles. The van der Waals surface area contributed by atoms with Crippen molar-refractivity contribution in [1.29, 1.82) is 0 Å². The first-order valence-electron chi connectivity index (χ1n) is 18.0. The van der Waals surface area contributed by atoms with Crippen LogP contribution in [-0.2, 0) is 14.0 Å². The number of benzene rings is 2. The Labute approximate surface area is 309 Å². The third-order valence-electron chi connectivity index (χ3n) is 10.5. The van der Waals surface area contributed by atoms with E-state index in [1.165, 1.54) is 14.0 Å². The predicted octanol–water partition coefficient (Wildman–Crippen LogP) is 5.03. The molecule has 0 spiro atoms. The number of amides is 2. The highest BCUT2D eigenvalue weighted by Crippen LogP contribution is 2.38. The fraction of sp³-hybridized carbons (Fsp3) is 0.605. The summed E-state index contributed by atoms with van der Waals surface area (Å²) in [7, 11) is -0.591. The fourth-order valence-electron chi connectivity index (χ4n) is 6.50. The number of nitrogens with zero attached hydrogens (tertiary/aromatic N) is 2. The normalized spacial score (nSPS) is 20.6. The highest BCUT2D eigenvalue weighted by atomic mass is 28.4.